The van der Waals surface area contributed by atoms with Gasteiger partial charge in [0, 0.05) is 6.54 Å². The van der Waals surface area contributed by atoms with E-state index < -0.39 is 0 Å². The van der Waals surface area contributed by atoms with Crippen molar-refractivity contribution in [3.05, 3.63) is 29.8 Å². The largest absolute Gasteiger partial charge is 0.332 e. The van der Waals surface area contributed by atoms with Gasteiger partial charge >= 0.3 is 6.03 Å². The highest BCUT2D eigenvalue weighted by Gasteiger charge is 2.36. The van der Waals surface area contributed by atoms with E-state index in [1.807, 2.05) is 6.07 Å². The number of carbonyl (C=O) groups excluding carboxylic acids is 2. The van der Waals surface area contributed by atoms with Gasteiger partial charge < -0.3 is 10.6 Å². The number of nitrogens with zero attached hydrogens (tertiary/aromatic N) is 2. The Bertz CT molecular complexity index is 533. The number of anilines is 1. The Morgan fingerprint density at radius 1 is 1.39 bits per heavy atom. The SMILES string of the molecule is C#CCN1CC(=O)N(c2cccc(CN)c2)C1=O. The maximum Gasteiger partial charge on any atom is 0.332 e. The number of hydrogen-bond donors (Lipinski definition) is 1. The summed E-state index contributed by atoms with van der Waals surface area (Å²) >= 11 is 0. The standard InChI is InChI=1S/C13H13N3O2/c1-2-6-15-9-12(17)16(13(15)18)11-5-3-4-10(7-11)8-14/h1,3-5,7H,6,8-9,14H2. The number of amides is 3. The van der Waals surface area contributed by atoms with Crippen molar-refractivity contribution in [3.8, 4) is 12.3 Å². The van der Waals surface area contributed by atoms with Crippen LogP contribution in [0.5, 0.6) is 0 Å². The van der Waals surface area contributed by atoms with Crippen molar-refractivity contribution in [1.29, 1.82) is 0 Å². The molecule has 1 aromatic rings. The smallest absolute Gasteiger partial charge is 0.326 e. The first kappa shape index (κ1) is 12.1. The van der Waals surface area contributed by atoms with Crippen LogP contribution in [0.25, 0.3) is 0 Å². The molecule has 92 valence electrons. The molecule has 0 spiro atoms. The van der Waals surface area contributed by atoms with Gasteiger partial charge in [-0.15, -0.1) is 6.42 Å². The van der Waals surface area contributed by atoms with Crippen LogP contribution in [0, 0.1) is 12.3 Å². The third-order valence-electron chi connectivity index (χ3n) is 2.72. The molecule has 5 nitrogen and oxygen atoms in total. The lowest BCUT2D eigenvalue weighted by atomic mass is 10.2. The molecule has 3 amide bonds. The van der Waals surface area contributed by atoms with Gasteiger partial charge in [0.15, 0.2) is 0 Å². The fourth-order valence-electron chi connectivity index (χ4n) is 1.86. The number of hydrogen-bond acceptors (Lipinski definition) is 3. The fraction of sp³-hybridized carbons (Fsp3) is 0.231. The van der Waals surface area contributed by atoms with Crippen molar-refractivity contribution in [2.24, 2.45) is 5.73 Å². The molecule has 0 radical (unpaired) electrons. The average Bonchev–Trinajstić information content (AvgIpc) is 2.65. The van der Waals surface area contributed by atoms with Crippen molar-refractivity contribution < 1.29 is 9.59 Å². The predicted molar refractivity (Wildman–Crippen MR) is 67.6 cm³/mol. The van der Waals surface area contributed by atoms with Crippen molar-refractivity contribution in [2.45, 2.75) is 6.54 Å². The number of imide groups is 1. The Balaban J connectivity index is 2.30. The number of benzene rings is 1. The minimum absolute atomic E-state index is 0.0237. The van der Waals surface area contributed by atoms with Crippen LogP contribution in [0.3, 0.4) is 0 Å². The quantitative estimate of drug-likeness (QED) is 0.622. The predicted octanol–water partition coefficient (Wildman–Crippen LogP) is 0.547. The monoisotopic (exact) mass is 243 g/mol. The molecule has 2 N–H and O–H groups in total. The van der Waals surface area contributed by atoms with Crippen molar-refractivity contribution in [1.82, 2.24) is 4.90 Å². The first-order chi connectivity index (χ1) is 8.67. The van der Waals surface area contributed by atoms with Crippen LogP contribution in [-0.4, -0.2) is 29.9 Å². The number of nitrogens with two attached hydrogens (primary N) is 1. The summed E-state index contributed by atoms with van der Waals surface area (Å²) in [6.07, 6.45) is 5.16. The van der Waals surface area contributed by atoms with Crippen LogP contribution in [-0.2, 0) is 11.3 Å². The van der Waals surface area contributed by atoms with Crippen LogP contribution in [0.1, 0.15) is 5.56 Å². The molecule has 18 heavy (non-hydrogen) atoms. The van der Waals surface area contributed by atoms with E-state index in [-0.39, 0.29) is 25.0 Å². The minimum Gasteiger partial charge on any atom is -0.326 e. The van der Waals surface area contributed by atoms with E-state index in [1.54, 1.807) is 18.2 Å². The highest BCUT2D eigenvalue weighted by Crippen LogP contribution is 2.22. The van der Waals surface area contributed by atoms with Crippen molar-refractivity contribution >= 4 is 17.6 Å². The zero-order valence-corrected chi connectivity index (χ0v) is 9.80. The van der Waals surface area contributed by atoms with Crippen LogP contribution in [0.2, 0.25) is 0 Å². The highest BCUT2D eigenvalue weighted by molar-refractivity contribution is 6.19. The Kier molecular flexibility index (Phi) is 3.31. The third kappa shape index (κ3) is 2.06. The molecule has 0 unspecified atom stereocenters. The van der Waals surface area contributed by atoms with Gasteiger partial charge in [0.2, 0.25) is 0 Å². The lowest BCUT2D eigenvalue weighted by Gasteiger charge is -2.15. The molecular weight excluding hydrogens is 230 g/mol. The summed E-state index contributed by atoms with van der Waals surface area (Å²) < 4.78 is 0. The maximum atomic E-state index is 12.0. The second-order valence-corrected chi connectivity index (χ2v) is 3.95. The molecule has 0 atom stereocenters. The van der Waals surface area contributed by atoms with E-state index in [0.29, 0.717) is 12.2 Å². The lowest BCUT2D eigenvalue weighted by Crippen LogP contribution is -2.33. The van der Waals surface area contributed by atoms with Crippen LogP contribution < -0.4 is 10.6 Å². The van der Waals surface area contributed by atoms with Gasteiger partial charge in [-0.3, -0.25) is 4.79 Å². The van der Waals surface area contributed by atoms with E-state index >= 15 is 0 Å². The normalized spacial score (nSPS) is 15.1. The molecule has 1 aliphatic rings. The van der Waals surface area contributed by atoms with E-state index in [4.69, 9.17) is 12.2 Å². The minimum atomic E-state index is -0.382. The summed E-state index contributed by atoms with van der Waals surface area (Å²) in [6, 6.07) is 6.66. The summed E-state index contributed by atoms with van der Waals surface area (Å²) in [6.45, 7) is 0.520. The summed E-state index contributed by atoms with van der Waals surface area (Å²) in [7, 11) is 0. The van der Waals surface area contributed by atoms with Gasteiger partial charge in [-0.2, -0.15) is 0 Å². The van der Waals surface area contributed by atoms with Crippen LogP contribution in [0.15, 0.2) is 24.3 Å². The number of urea groups is 1. The van der Waals surface area contributed by atoms with Crippen molar-refractivity contribution in [2.75, 3.05) is 18.0 Å². The molecular formula is C13H13N3O2. The summed E-state index contributed by atoms with van der Waals surface area (Å²) in [5.41, 5.74) is 6.94. The van der Waals surface area contributed by atoms with E-state index in [2.05, 4.69) is 5.92 Å². The molecule has 0 aromatic heterocycles. The first-order valence-electron chi connectivity index (χ1n) is 5.51. The van der Waals surface area contributed by atoms with Crippen LogP contribution in [0.4, 0.5) is 10.5 Å². The summed E-state index contributed by atoms with van der Waals surface area (Å²) in [4.78, 5) is 26.3. The molecule has 1 aromatic carbocycles. The fourth-order valence-corrected chi connectivity index (χ4v) is 1.86. The first-order valence-corrected chi connectivity index (χ1v) is 5.51. The van der Waals surface area contributed by atoms with Gasteiger partial charge in [0.25, 0.3) is 5.91 Å². The third-order valence-corrected chi connectivity index (χ3v) is 2.72. The summed E-state index contributed by atoms with van der Waals surface area (Å²) in [5, 5.41) is 0. The second kappa shape index (κ2) is 4.90. The molecule has 0 bridgehead atoms. The molecule has 2 rings (SSSR count). The molecule has 5 heteroatoms. The van der Waals surface area contributed by atoms with E-state index in [0.717, 1.165) is 10.5 Å². The zero-order chi connectivity index (χ0) is 13.1. The summed E-state index contributed by atoms with van der Waals surface area (Å²) in [5.74, 6) is 2.09. The van der Waals surface area contributed by atoms with Gasteiger partial charge in [-0.25, -0.2) is 9.69 Å². The Hall–Kier alpha value is -2.32. The Morgan fingerprint density at radius 2 is 2.17 bits per heavy atom. The molecule has 1 fully saturated rings. The van der Waals surface area contributed by atoms with E-state index in [9.17, 15) is 9.59 Å². The lowest BCUT2D eigenvalue weighted by molar-refractivity contribution is -0.116. The van der Waals surface area contributed by atoms with Gasteiger partial charge in [0.1, 0.15) is 6.54 Å². The number of terminal acetylenes is 1. The Labute approximate surface area is 105 Å². The van der Waals surface area contributed by atoms with Crippen LogP contribution >= 0.6 is 0 Å². The Morgan fingerprint density at radius 3 is 2.83 bits per heavy atom. The highest BCUT2D eigenvalue weighted by atomic mass is 16.2. The molecule has 1 aliphatic heterocycles. The second-order valence-electron chi connectivity index (χ2n) is 3.95. The zero-order valence-electron chi connectivity index (χ0n) is 9.80. The topological polar surface area (TPSA) is 66.6 Å². The van der Waals surface area contributed by atoms with Gasteiger partial charge in [0.05, 0.1) is 12.2 Å². The molecule has 1 heterocycles. The molecule has 0 aliphatic carbocycles. The van der Waals surface area contributed by atoms with Gasteiger partial charge in [-0.05, 0) is 17.7 Å². The molecule has 1 saturated heterocycles. The maximum absolute atomic E-state index is 12.0. The van der Waals surface area contributed by atoms with Gasteiger partial charge in [-0.1, -0.05) is 18.1 Å². The number of rotatable bonds is 3. The molecule has 0 saturated carbocycles. The van der Waals surface area contributed by atoms with E-state index in [1.165, 1.54) is 4.90 Å². The average molecular weight is 243 g/mol. The number of carbonyl (C=O) groups is 2. The van der Waals surface area contributed by atoms with Crippen molar-refractivity contribution in [3.63, 3.8) is 0 Å².